The summed E-state index contributed by atoms with van der Waals surface area (Å²) in [5.74, 6) is 0.530. The third kappa shape index (κ3) is 3.43. The molecule has 0 spiro atoms. The van der Waals surface area contributed by atoms with E-state index in [1.54, 1.807) is 62.4 Å². The summed E-state index contributed by atoms with van der Waals surface area (Å²) >= 11 is 0. The molecule has 0 saturated heterocycles. The normalized spacial score (nSPS) is 10.8. The van der Waals surface area contributed by atoms with Crippen molar-refractivity contribution < 1.29 is 18.7 Å². The largest absolute Gasteiger partial charge is 0.514 e. The number of nitrogens with zero attached hydrogens (tertiary/aromatic N) is 1. The van der Waals surface area contributed by atoms with Crippen LogP contribution in [-0.2, 0) is 4.74 Å². The van der Waals surface area contributed by atoms with Crippen molar-refractivity contribution in [1.29, 1.82) is 0 Å². The van der Waals surface area contributed by atoms with Crippen molar-refractivity contribution >= 4 is 17.1 Å². The topological polar surface area (TPSA) is 78.6 Å². The Morgan fingerprint density at radius 3 is 2.50 bits per heavy atom. The molecular weight excluding hydrogens is 310 g/mol. The van der Waals surface area contributed by atoms with Crippen molar-refractivity contribution in [3.63, 3.8) is 0 Å². The van der Waals surface area contributed by atoms with Gasteiger partial charge in [0.1, 0.15) is 11.3 Å². The molecule has 0 N–H and O–H groups in total. The molecule has 0 fully saturated rings. The molecule has 24 heavy (non-hydrogen) atoms. The molecule has 0 aliphatic rings. The Balaban J connectivity index is 1.86. The second-order valence-electron chi connectivity index (χ2n) is 5.36. The van der Waals surface area contributed by atoms with Gasteiger partial charge in [0.15, 0.2) is 0 Å². The monoisotopic (exact) mass is 325 g/mol. The highest BCUT2D eigenvalue weighted by molar-refractivity contribution is 5.76. The predicted molar refractivity (Wildman–Crippen MR) is 88.0 cm³/mol. The number of hydrogen-bond acceptors (Lipinski definition) is 6. The van der Waals surface area contributed by atoms with Crippen LogP contribution >= 0.6 is 0 Å². The van der Waals surface area contributed by atoms with Gasteiger partial charge in [0, 0.05) is 5.56 Å². The molecule has 0 amide bonds. The molecule has 0 atom stereocenters. The third-order valence-corrected chi connectivity index (χ3v) is 3.16. The zero-order valence-electron chi connectivity index (χ0n) is 13.2. The molecule has 6 nitrogen and oxygen atoms in total. The summed E-state index contributed by atoms with van der Waals surface area (Å²) in [6.07, 6.45) is -1.03. The van der Waals surface area contributed by atoms with Crippen molar-refractivity contribution in [2.24, 2.45) is 0 Å². The molecular formula is C18H15NO5. The minimum atomic E-state index is -0.770. The first-order valence-corrected chi connectivity index (χ1v) is 7.42. The van der Waals surface area contributed by atoms with Crippen LogP contribution in [0.15, 0.2) is 57.7 Å². The minimum absolute atomic E-state index is 0.204. The highest BCUT2D eigenvalue weighted by Crippen LogP contribution is 2.22. The Morgan fingerprint density at radius 1 is 1.08 bits per heavy atom. The average molecular weight is 325 g/mol. The van der Waals surface area contributed by atoms with Crippen molar-refractivity contribution in [2.75, 3.05) is 0 Å². The summed E-state index contributed by atoms with van der Waals surface area (Å²) < 4.78 is 15.6. The second kappa shape index (κ2) is 6.54. The van der Waals surface area contributed by atoms with Crippen LogP contribution in [0, 0.1) is 0 Å². The first kappa shape index (κ1) is 15.7. The van der Waals surface area contributed by atoms with Crippen LogP contribution in [0.2, 0.25) is 0 Å². The van der Waals surface area contributed by atoms with Crippen LogP contribution in [0.5, 0.6) is 5.75 Å². The first-order chi connectivity index (χ1) is 11.5. The summed E-state index contributed by atoms with van der Waals surface area (Å²) in [7, 11) is 0. The van der Waals surface area contributed by atoms with E-state index >= 15 is 0 Å². The van der Waals surface area contributed by atoms with E-state index in [0.29, 0.717) is 22.3 Å². The number of carbonyl (C=O) groups excluding carboxylic acids is 1. The fourth-order valence-electron chi connectivity index (χ4n) is 2.11. The Morgan fingerprint density at radius 2 is 1.79 bits per heavy atom. The van der Waals surface area contributed by atoms with E-state index in [9.17, 15) is 9.59 Å². The number of aromatic nitrogens is 1. The third-order valence-electron chi connectivity index (χ3n) is 3.16. The van der Waals surface area contributed by atoms with Crippen LogP contribution in [0.1, 0.15) is 13.8 Å². The van der Waals surface area contributed by atoms with Crippen LogP contribution in [-0.4, -0.2) is 17.2 Å². The fraction of sp³-hybridized carbons (Fsp3) is 0.167. The van der Waals surface area contributed by atoms with Gasteiger partial charge in [-0.05, 0) is 50.2 Å². The fourth-order valence-corrected chi connectivity index (χ4v) is 2.11. The molecule has 3 aromatic rings. The smallest absolute Gasteiger partial charge is 0.437 e. The maximum Gasteiger partial charge on any atom is 0.514 e. The van der Waals surface area contributed by atoms with Crippen LogP contribution in [0.25, 0.3) is 22.4 Å². The standard InChI is InChI=1S/C18H15NO5/c1-11(2)22-18(21)23-13-9-7-12(8-10-13)17-19-16(20)14-5-3-4-6-15(14)24-17/h3-11H,1-2H3. The van der Waals surface area contributed by atoms with E-state index in [0.717, 1.165) is 0 Å². The Hall–Kier alpha value is -3.15. The molecule has 122 valence electrons. The zero-order chi connectivity index (χ0) is 17.1. The van der Waals surface area contributed by atoms with E-state index in [1.807, 2.05) is 0 Å². The lowest BCUT2D eigenvalue weighted by atomic mass is 10.2. The van der Waals surface area contributed by atoms with Crippen LogP contribution in [0.3, 0.4) is 0 Å². The maximum absolute atomic E-state index is 12.0. The first-order valence-electron chi connectivity index (χ1n) is 7.42. The predicted octanol–water partition coefficient (Wildman–Crippen LogP) is 3.78. The molecule has 2 aromatic carbocycles. The molecule has 0 bridgehead atoms. The lowest BCUT2D eigenvalue weighted by molar-refractivity contribution is 0.0729. The van der Waals surface area contributed by atoms with E-state index in [2.05, 4.69) is 4.98 Å². The number of para-hydroxylation sites is 1. The van der Waals surface area contributed by atoms with Gasteiger partial charge in [-0.1, -0.05) is 12.1 Å². The van der Waals surface area contributed by atoms with Crippen molar-refractivity contribution in [3.05, 3.63) is 58.9 Å². The van der Waals surface area contributed by atoms with Crippen molar-refractivity contribution in [2.45, 2.75) is 20.0 Å². The molecule has 0 aliphatic heterocycles. The Bertz CT molecular complexity index is 928. The van der Waals surface area contributed by atoms with Gasteiger partial charge in [-0.15, -0.1) is 0 Å². The lowest BCUT2D eigenvalue weighted by Crippen LogP contribution is -2.15. The number of carbonyl (C=O) groups is 1. The molecule has 0 radical (unpaired) electrons. The highest BCUT2D eigenvalue weighted by atomic mass is 16.7. The zero-order valence-corrected chi connectivity index (χ0v) is 13.2. The summed E-state index contributed by atoms with van der Waals surface area (Å²) in [6, 6.07) is 13.4. The maximum atomic E-state index is 12.0. The second-order valence-corrected chi connectivity index (χ2v) is 5.36. The highest BCUT2D eigenvalue weighted by Gasteiger charge is 2.11. The lowest BCUT2D eigenvalue weighted by Gasteiger charge is -2.08. The van der Waals surface area contributed by atoms with Gasteiger partial charge in [0.25, 0.3) is 5.56 Å². The van der Waals surface area contributed by atoms with Gasteiger partial charge in [-0.3, -0.25) is 4.79 Å². The number of benzene rings is 2. The van der Waals surface area contributed by atoms with E-state index in [1.165, 1.54) is 0 Å². The molecule has 0 unspecified atom stereocenters. The Labute approximate surface area is 137 Å². The SMILES string of the molecule is CC(C)OC(=O)Oc1ccc(-c2nc(=O)c3ccccc3o2)cc1. The van der Waals surface area contributed by atoms with Crippen molar-refractivity contribution in [3.8, 4) is 17.2 Å². The average Bonchev–Trinajstić information content (AvgIpc) is 2.54. The summed E-state index contributed by atoms with van der Waals surface area (Å²) in [4.78, 5) is 27.4. The van der Waals surface area contributed by atoms with Gasteiger partial charge in [-0.2, -0.15) is 4.98 Å². The molecule has 1 aromatic heterocycles. The summed E-state index contributed by atoms with van der Waals surface area (Å²) in [5, 5.41) is 0.428. The van der Waals surface area contributed by atoms with E-state index in [4.69, 9.17) is 13.9 Å². The van der Waals surface area contributed by atoms with Crippen LogP contribution < -0.4 is 10.3 Å². The Kier molecular flexibility index (Phi) is 4.29. The van der Waals surface area contributed by atoms with E-state index < -0.39 is 6.16 Å². The molecule has 6 heteroatoms. The number of ether oxygens (including phenoxy) is 2. The number of fused-ring (bicyclic) bond motifs is 1. The van der Waals surface area contributed by atoms with Crippen LogP contribution in [0.4, 0.5) is 4.79 Å². The summed E-state index contributed by atoms with van der Waals surface area (Å²) in [5.41, 5.74) is 0.712. The summed E-state index contributed by atoms with van der Waals surface area (Å²) in [6.45, 7) is 3.47. The molecule has 1 heterocycles. The molecule has 0 saturated carbocycles. The number of rotatable bonds is 3. The van der Waals surface area contributed by atoms with Gasteiger partial charge in [0.05, 0.1) is 11.5 Å². The van der Waals surface area contributed by atoms with Gasteiger partial charge in [-0.25, -0.2) is 4.79 Å². The van der Waals surface area contributed by atoms with Gasteiger partial charge < -0.3 is 13.9 Å². The van der Waals surface area contributed by atoms with Gasteiger partial charge in [0.2, 0.25) is 5.89 Å². The minimum Gasteiger partial charge on any atom is -0.437 e. The van der Waals surface area contributed by atoms with E-state index in [-0.39, 0.29) is 17.6 Å². The quantitative estimate of drug-likeness (QED) is 0.538. The van der Waals surface area contributed by atoms with Gasteiger partial charge >= 0.3 is 6.16 Å². The molecule has 3 rings (SSSR count). The number of hydrogen-bond donors (Lipinski definition) is 0. The van der Waals surface area contributed by atoms with Crippen molar-refractivity contribution in [1.82, 2.24) is 4.98 Å². The molecule has 0 aliphatic carbocycles.